The number of carbonyl (C=O) groups excluding carboxylic acids is 2. The highest BCUT2D eigenvalue weighted by Gasteiger charge is 2.38. The summed E-state index contributed by atoms with van der Waals surface area (Å²) >= 11 is 0. The molecule has 154 valence electrons. The van der Waals surface area contributed by atoms with Gasteiger partial charge in [-0.1, -0.05) is 39.8 Å². The summed E-state index contributed by atoms with van der Waals surface area (Å²) in [6.45, 7) is 12.5. The third-order valence-corrected chi connectivity index (χ3v) is 6.21. The predicted octanol–water partition coefficient (Wildman–Crippen LogP) is 5.46. The first kappa shape index (κ1) is 21.1. The summed E-state index contributed by atoms with van der Waals surface area (Å²) in [5.74, 6) is -0.759. The molecule has 29 heavy (non-hydrogen) atoms. The minimum absolute atomic E-state index is 0.0159. The normalized spacial score (nSPS) is 16.8. The second-order valence-corrected chi connectivity index (χ2v) is 9.26. The van der Waals surface area contributed by atoms with E-state index in [1.807, 2.05) is 13.0 Å². The van der Waals surface area contributed by atoms with E-state index in [-0.39, 0.29) is 34.5 Å². The summed E-state index contributed by atoms with van der Waals surface area (Å²) in [7, 11) is 0. The van der Waals surface area contributed by atoms with E-state index < -0.39 is 5.97 Å². The highest BCUT2D eigenvalue weighted by atomic mass is 16.5. The van der Waals surface area contributed by atoms with Gasteiger partial charge in [0.15, 0.2) is 5.78 Å². The van der Waals surface area contributed by atoms with Crippen LogP contribution >= 0.6 is 0 Å². The number of ether oxygens (including phenoxy) is 1. The van der Waals surface area contributed by atoms with E-state index in [0.29, 0.717) is 11.1 Å². The minimum atomic E-state index is -0.447. The van der Waals surface area contributed by atoms with Gasteiger partial charge < -0.3 is 9.84 Å². The van der Waals surface area contributed by atoms with Crippen LogP contribution in [0.3, 0.4) is 0 Å². The summed E-state index contributed by atoms with van der Waals surface area (Å²) in [6, 6.07) is 8.59. The maximum atomic E-state index is 13.3. The second kappa shape index (κ2) is 7.33. The number of fused-ring (bicyclic) bond motifs is 1. The summed E-state index contributed by atoms with van der Waals surface area (Å²) in [5.41, 5.74) is 3.83. The lowest BCUT2D eigenvalue weighted by molar-refractivity contribution is 0.0525. The van der Waals surface area contributed by atoms with Gasteiger partial charge in [0.05, 0.1) is 17.7 Å². The molecule has 0 radical (unpaired) electrons. The van der Waals surface area contributed by atoms with Crippen molar-refractivity contribution in [3.63, 3.8) is 0 Å². The molecule has 0 bridgehead atoms. The van der Waals surface area contributed by atoms with E-state index in [2.05, 4.69) is 27.7 Å². The Bertz CT molecular complexity index is 983. The zero-order valence-electron chi connectivity index (χ0n) is 18.2. The summed E-state index contributed by atoms with van der Waals surface area (Å²) in [4.78, 5) is 25.5. The van der Waals surface area contributed by atoms with Crippen molar-refractivity contribution in [3.05, 3.63) is 63.7 Å². The standard InChI is InChI=1S/C25H30O4/c1-7-29-23(28)17-12-16(9-8-15(17)2)22(27)18-13-19-20(14-21(18)26)25(5,6)11-10-24(19,3)4/h8-9,12-14,26H,7,10-11H2,1-6H3. The van der Waals surface area contributed by atoms with Crippen molar-refractivity contribution in [1.82, 2.24) is 0 Å². The van der Waals surface area contributed by atoms with E-state index in [9.17, 15) is 14.7 Å². The van der Waals surface area contributed by atoms with Gasteiger partial charge in [0, 0.05) is 5.56 Å². The summed E-state index contributed by atoms with van der Waals surface area (Å²) in [6.07, 6.45) is 2.05. The molecule has 1 aliphatic rings. The molecule has 1 aliphatic carbocycles. The minimum Gasteiger partial charge on any atom is -0.507 e. The topological polar surface area (TPSA) is 63.6 Å². The Morgan fingerprint density at radius 2 is 1.55 bits per heavy atom. The lowest BCUT2D eigenvalue weighted by atomic mass is 9.62. The van der Waals surface area contributed by atoms with Crippen molar-refractivity contribution in [2.75, 3.05) is 6.61 Å². The van der Waals surface area contributed by atoms with Crippen LogP contribution < -0.4 is 0 Å². The maximum Gasteiger partial charge on any atom is 0.338 e. The monoisotopic (exact) mass is 394 g/mol. The number of aromatic hydroxyl groups is 1. The number of aryl methyl sites for hydroxylation is 1. The average molecular weight is 395 g/mol. The van der Waals surface area contributed by atoms with E-state index in [1.165, 1.54) is 0 Å². The van der Waals surface area contributed by atoms with Gasteiger partial charge in [0.2, 0.25) is 0 Å². The first-order valence-electron chi connectivity index (χ1n) is 10.2. The fourth-order valence-corrected chi connectivity index (χ4v) is 4.13. The van der Waals surface area contributed by atoms with Crippen LogP contribution in [0.5, 0.6) is 5.75 Å². The van der Waals surface area contributed by atoms with Gasteiger partial charge in [0.1, 0.15) is 5.75 Å². The van der Waals surface area contributed by atoms with Gasteiger partial charge in [-0.3, -0.25) is 4.79 Å². The number of ketones is 1. The van der Waals surface area contributed by atoms with Crippen molar-refractivity contribution in [2.45, 2.75) is 65.2 Å². The highest BCUT2D eigenvalue weighted by Crippen LogP contribution is 2.47. The van der Waals surface area contributed by atoms with Gasteiger partial charge >= 0.3 is 5.97 Å². The zero-order chi connectivity index (χ0) is 21.6. The van der Waals surface area contributed by atoms with Gasteiger partial charge in [-0.25, -0.2) is 4.79 Å². The number of phenols is 1. The Kier molecular flexibility index (Phi) is 5.33. The Hall–Kier alpha value is -2.62. The molecule has 2 aromatic rings. The summed E-state index contributed by atoms with van der Waals surface area (Å²) < 4.78 is 5.10. The lowest BCUT2D eigenvalue weighted by Gasteiger charge is -2.42. The molecule has 0 atom stereocenters. The molecular formula is C25H30O4. The molecule has 0 fully saturated rings. The van der Waals surface area contributed by atoms with Crippen LogP contribution in [0.1, 0.15) is 90.4 Å². The largest absolute Gasteiger partial charge is 0.507 e. The second-order valence-electron chi connectivity index (χ2n) is 9.26. The van der Waals surface area contributed by atoms with Crippen LogP contribution in [-0.4, -0.2) is 23.5 Å². The number of hydrogen-bond acceptors (Lipinski definition) is 4. The number of benzene rings is 2. The average Bonchev–Trinajstić information content (AvgIpc) is 2.65. The Labute approximate surface area is 172 Å². The highest BCUT2D eigenvalue weighted by molar-refractivity contribution is 6.12. The number of rotatable bonds is 4. The zero-order valence-corrected chi connectivity index (χ0v) is 18.2. The molecule has 4 nitrogen and oxygen atoms in total. The number of carbonyl (C=O) groups is 2. The van der Waals surface area contributed by atoms with Crippen molar-refractivity contribution < 1.29 is 19.4 Å². The molecule has 2 aromatic carbocycles. The molecule has 3 rings (SSSR count). The van der Waals surface area contributed by atoms with Crippen molar-refractivity contribution in [3.8, 4) is 5.75 Å². The van der Waals surface area contributed by atoms with Gasteiger partial charge in [-0.05, 0) is 72.4 Å². The third kappa shape index (κ3) is 3.81. The molecular weight excluding hydrogens is 364 g/mol. The fraction of sp³-hybridized carbons (Fsp3) is 0.440. The van der Waals surface area contributed by atoms with Gasteiger partial charge in [-0.15, -0.1) is 0 Å². The van der Waals surface area contributed by atoms with E-state index in [1.54, 1.807) is 31.2 Å². The van der Waals surface area contributed by atoms with E-state index in [4.69, 9.17) is 4.74 Å². The molecule has 0 heterocycles. The molecule has 0 spiro atoms. The van der Waals surface area contributed by atoms with Crippen molar-refractivity contribution in [2.24, 2.45) is 0 Å². The van der Waals surface area contributed by atoms with E-state index in [0.717, 1.165) is 29.5 Å². The molecule has 0 saturated carbocycles. The molecule has 0 saturated heterocycles. The molecule has 0 amide bonds. The van der Waals surface area contributed by atoms with Crippen molar-refractivity contribution in [1.29, 1.82) is 0 Å². The quantitative estimate of drug-likeness (QED) is 0.553. The molecule has 4 heteroatoms. The first-order chi connectivity index (χ1) is 13.5. The Balaban J connectivity index is 2.10. The van der Waals surface area contributed by atoms with Crippen LogP contribution in [-0.2, 0) is 15.6 Å². The van der Waals surface area contributed by atoms with Crippen LogP contribution in [0, 0.1) is 6.92 Å². The number of esters is 1. The molecule has 0 aliphatic heterocycles. The fourth-order valence-electron chi connectivity index (χ4n) is 4.13. The SMILES string of the molecule is CCOC(=O)c1cc(C(=O)c2cc3c(cc2O)C(C)(C)CCC3(C)C)ccc1C. The van der Waals surface area contributed by atoms with Gasteiger partial charge in [0.25, 0.3) is 0 Å². The first-order valence-corrected chi connectivity index (χ1v) is 10.2. The lowest BCUT2D eigenvalue weighted by Crippen LogP contribution is -2.34. The third-order valence-electron chi connectivity index (χ3n) is 6.21. The van der Waals surface area contributed by atoms with Crippen LogP contribution in [0.15, 0.2) is 30.3 Å². The molecule has 0 unspecified atom stereocenters. The molecule has 0 aromatic heterocycles. The van der Waals surface area contributed by atoms with Crippen molar-refractivity contribution >= 4 is 11.8 Å². The van der Waals surface area contributed by atoms with Crippen LogP contribution in [0.4, 0.5) is 0 Å². The number of phenolic OH excluding ortho intramolecular Hbond substituents is 1. The Morgan fingerprint density at radius 1 is 0.966 bits per heavy atom. The Morgan fingerprint density at radius 3 is 2.14 bits per heavy atom. The van der Waals surface area contributed by atoms with E-state index >= 15 is 0 Å². The molecule has 1 N–H and O–H groups in total. The predicted molar refractivity (Wildman–Crippen MR) is 114 cm³/mol. The number of hydrogen-bond donors (Lipinski definition) is 1. The van der Waals surface area contributed by atoms with Crippen LogP contribution in [0.25, 0.3) is 0 Å². The summed E-state index contributed by atoms with van der Waals surface area (Å²) in [5, 5.41) is 10.7. The van der Waals surface area contributed by atoms with Crippen LogP contribution in [0.2, 0.25) is 0 Å². The van der Waals surface area contributed by atoms with Gasteiger partial charge in [-0.2, -0.15) is 0 Å². The smallest absolute Gasteiger partial charge is 0.338 e. The maximum absolute atomic E-state index is 13.3.